The number of aromatic nitrogens is 1. The normalized spacial score (nSPS) is 17.6. The minimum absolute atomic E-state index is 0.0834. The number of amides is 1. The zero-order valence-corrected chi connectivity index (χ0v) is 15.0. The maximum absolute atomic E-state index is 12.6. The quantitative estimate of drug-likeness (QED) is 0.752. The number of benzene rings is 1. The number of nitrogens with zero attached hydrogens (tertiary/aromatic N) is 2. The number of carbonyl (C=O) groups excluding carboxylic acids is 1. The third-order valence-corrected chi connectivity index (χ3v) is 4.26. The number of rotatable bonds is 4. The zero-order valence-electron chi connectivity index (χ0n) is 13.4. The third-order valence-electron chi connectivity index (χ3n) is 3.82. The van der Waals surface area contributed by atoms with E-state index >= 15 is 0 Å². The number of morpholine rings is 1. The predicted octanol–water partition coefficient (Wildman–Crippen LogP) is 3.07. The lowest BCUT2D eigenvalue weighted by molar-refractivity contribution is -0.0402. The highest BCUT2D eigenvalue weighted by molar-refractivity contribution is 9.10. The molecule has 1 aromatic carbocycles. The molecule has 1 atom stereocenters. The fourth-order valence-corrected chi connectivity index (χ4v) is 2.86. The molecule has 1 unspecified atom stereocenters. The number of hydrogen-bond donors (Lipinski definition) is 0. The van der Waals surface area contributed by atoms with Gasteiger partial charge in [0.25, 0.3) is 5.91 Å². The van der Waals surface area contributed by atoms with Crippen LogP contribution in [0.2, 0.25) is 0 Å². The van der Waals surface area contributed by atoms with Crippen LogP contribution in [0.3, 0.4) is 0 Å². The van der Waals surface area contributed by atoms with Gasteiger partial charge in [-0.25, -0.2) is 4.98 Å². The second kappa shape index (κ2) is 7.77. The summed E-state index contributed by atoms with van der Waals surface area (Å²) >= 11 is 3.30. The Hall–Kier alpha value is -1.92. The molecule has 5 nitrogen and oxygen atoms in total. The second-order valence-corrected chi connectivity index (χ2v) is 6.53. The van der Waals surface area contributed by atoms with E-state index in [0.29, 0.717) is 36.6 Å². The summed E-state index contributed by atoms with van der Waals surface area (Å²) in [4.78, 5) is 18.5. The van der Waals surface area contributed by atoms with Crippen molar-refractivity contribution >= 4 is 21.8 Å². The summed E-state index contributed by atoms with van der Waals surface area (Å²) in [6, 6.07) is 13.2. The van der Waals surface area contributed by atoms with Crippen LogP contribution in [0, 0.1) is 6.92 Å². The van der Waals surface area contributed by atoms with Gasteiger partial charge < -0.3 is 14.4 Å². The highest BCUT2D eigenvalue weighted by Crippen LogP contribution is 2.15. The largest absolute Gasteiger partial charge is 0.491 e. The van der Waals surface area contributed by atoms with Crippen LogP contribution in [-0.2, 0) is 4.74 Å². The van der Waals surface area contributed by atoms with Crippen molar-refractivity contribution in [1.82, 2.24) is 9.88 Å². The Bertz CT molecular complexity index is 706. The molecule has 0 bridgehead atoms. The molecule has 0 saturated carbocycles. The highest BCUT2D eigenvalue weighted by atomic mass is 79.9. The van der Waals surface area contributed by atoms with Gasteiger partial charge >= 0.3 is 0 Å². The Labute approximate surface area is 149 Å². The van der Waals surface area contributed by atoms with Crippen LogP contribution < -0.4 is 4.74 Å². The molecule has 6 heteroatoms. The zero-order chi connectivity index (χ0) is 16.9. The lowest BCUT2D eigenvalue weighted by atomic mass is 10.2. The second-order valence-electron chi connectivity index (χ2n) is 5.71. The van der Waals surface area contributed by atoms with Crippen molar-refractivity contribution in [3.05, 3.63) is 58.3 Å². The molecule has 0 radical (unpaired) electrons. The van der Waals surface area contributed by atoms with Crippen LogP contribution in [0.15, 0.2) is 47.1 Å². The van der Waals surface area contributed by atoms with E-state index < -0.39 is 0 Å². The van der Waals surface area contributed by atoms with Crippen molar-refractivity contribution in [3.63, 3.8) is 0 Å². The summed E-state index contributed by atoms with van der Waals surface area (Å²) in [5.41, 5.74) is 1.62. The van der Waals surface area contributed by atoms with Gasteiger partial charge in [-0.15, -0.1) is 0 Å². The molecular weight excluding hydrogens is 372 g/mol. The Balaban J connectivity index is 1.57. The number of carbonyl (C=O) groups is 1. The lowest BCUT2D eigenvalue weighted by Crippen LogP contribution is -2.47. The van der Waals surface area contributed by atoms with E-state index in [1.165, 1.54) is 5.56 Å². The van der Waals surface area contributed by atoms with Crippen molar-refractivity contribution in [3.8, 4) is 5.75 Å². The Morgan fingerprint density at radius 2 is 2.12 bits per heavy atom. The highest BCUT2D eigenvalue weighted by Gasteiger charge is 2.26. The lowest BCUT2D eigenvalue weighted by Gasteiger charge is -2.32. The smallest absolute Gasteiger partial charge is 0.272 e. The van der Waals surface area contributed by atoms with Crippen LogP contribution >= 0.6 is 15.9 Å². The Morgan fingerprint density at radius 1 is 1.33 bits per heavy atom. The molecule has 3 rings (SSSR count). The van der Waals surface area contributed by atoms with Crippen molar-refractivity contribution in [2.75, 3.05) is 26.3 Å². The molecule has 2 heterocycles. The van der Waals surface area contributed by atoms with E-state index in [9.17, 15) is 4.79 Å². The molecule has 1 amide bonds. The fourth-order valence-electron chi connectivity index (χ4n) is 2.52. The van der Waals surface area contributed by atoms with Gasteiger partial charge in [-0.05, 0) is 47.1 Å². The summed E-state index contributed by atoms with van der Waals surface area (Å²) in [6.45, 7) is 4.01. The van der Waals surface area contributed by atoms with Gasteiger partial charge in [-0.3, -0.25) is 4.79 Å². The fraction of sp³-hybridized carbons (Fsp3) is 0.333. The van der Waals surface area contributed by atoms with Crippen LogP contribution in [0.4, 0.5) is 0 Å². The molecule has 0 aliphatic carbocycles. The monoisotopic (exact) mass is 390 g/mol. The maximum atomic E-state index is 12.6. The molecule has 1 aromatic heterocycles. The molecule has 1 aliphatic heterocycles. The van der Waals surface area contributed by atoms with Crippen molar-refractivity contribution in [1.29, 1.82) is 0 Å². The average Bonchev–Trinajstić information content (AvgIpc) is 2.61. The molecule has 0 N–H and O–H groups in total. The minimum Gasteiger partial charge on any atom is -0.491 e. The number of aryl methyl sites for hydroxylation is 1. The van der Waals surface area contributed by atoms with Gasteiger partial charge in [-0.1, -0.05) is 23.8 Å². The van der Waals surface area contributed by atoms with Gasteiger partial charge in [0.2, 0.25) is 0 Å². The maximum Gasteiger partial charge on any atom is 0.272 e. The van der Waals surface area contributed by atoms with E-state index in [1.807, 2.05) is 37.3 Å². The first-order valence-electron chi connectivity index (χ1n) is 7.85. The third kappa shape index (κ3) is 4.33. The molecule has 24 heavy (non-hydrogen) atoms. The summed E-state index contributed by atoms with van der Waals surface area (Å²) in [5, 5.41) is 0. The SMILES string of the molecule is Cc1ccc(OCC2CN(C(=O)c3cccc(Br)n3)CCO2)cc1. The molecular formula is C18H19BrN2O3. The molecule has 0 spiro atoms. The average molecular weight is 391 g/mol. The van der Waals surface area contributed by atoms with E-state index in [2.05, 4.69) is 20.9 Å². The van der Waals surface area contributed by atoms with Gasteiger partial charge in [-0.2, -0.15) is 0 Å². The summed E-state index contributed by atoms with van der Waals surface area (Å²) in [5.74, 6) is 0.723. The number of pyridine rings is 1. The molecule has 126 valence electrons. The summed E-state index contributed by atoms with van der Waals surface area (Å²) in [7, 11) is 0. The predicted molar refractivity (Wildman–Crippen MR) is 94.3 cm³/mol. The molecule has 1 fully saturated rings. The van der Waals surface area contributed by atoms with E-state index in [0.717, 1.165) is 5.75 Å². The van der Waals surface area contributed by atoms with Crippen molar-refractivity contribution in [2.24, 2.45) is 0 Å². The van der Waals surface area contributed by atoms with E-state index in [-0.39, 0.29) is 12.0 Å². The first-order chi connectivity index (χ1) is 11.6. The van der Waals surface area contributed by atoms with Crippen LogP contribution in [-0.4, -0.2) is 48.2 Å². The number of ether oxygens (including phenoxy) is 2. The minimum atomic E-state index is -0.142. The van der Waals surface area contributed by atoms with Gasteiger partial charge in [0, 0.05) is 6.54 Å². The van der Waals surface area contributed by atoms with E-state index in [4.69, 9.17) is 9.47 Å². The first kappa shape index (κ1) is 16.9. The van der Waals surface area contributed by atoms with Crippen LogP contribution in [0.5, 0.6) is 5.75 Å². The molecule has 1 aliphatic rings. The Morgan fingerprint density at radius 3 is 2.88 bits per heavy atom. The topological polar surface area (TPSA) is 51.7 Å². The standard InChI is InChI=1S/C18H19BrN2O3/c1-13-5-7-14(8-6-13)24-12-15-11-21(9-10-23-15)18(22)16-3-2-4-17(19)20-16/h2-8,15H,9-12H2,1H3. The van der Waals surface area contributed by atoms with Crippen LogP contribution in [0.1, 0.15) is 16.1 Å². The summed E-state index contributed by atoms with van der Waals surface area (Å²) in [6.07, 6.45) is -0.142. The Kier molecular flexibility index (Phi) is 5.48. The van der Waals surface area contributed by atoms with Crippen molar-refractivity contribution in [2.45, 2.75) is 13.0 Å². The molecule has 2 aromatic rings. The first-order valence-corrected chi connectivity index (χ1v) is 8.64. The number of halogens is 1. The van der Waals surface area contributed by atoms with Gasteiger partial charge in [0.05, 0.1) is 13.2 Å². The summed E-state index contributed by atoms with van der Waals surface area (Å²) < 4.78 is 12.1. The van der Waals surface area contributed by atoms with Crippen molar-refractivity contribution < 1.29 is 14.3 Å². The van der Waals surface area contributed by atoms with E-state index in [1.54, 1.807) is 17.0 Å². The number of hydrogen-bond acceptors (Lipinski definition) is 4. The van der Waals surface area contributed by atoms with Gasteiger partial charge in [0.1, 0.15) is 28.8 Å². The molecule has 1 saturated heterocycles. The van der Waals surface area contributed by atoms with Gasteiger partial charge in [0.15, 0.2) is 0 Å². The van der Waals surface area contributed by atoms with Crippen LogP contribution in [0.25, 0.3) is 0 Å².